The number of carboxylic acids is 1. The second kappa shape index (κ2) is 14.5. The maximum atomic E-state index is 10.3. The number of ether oxygens (including phenoxy) is 2. The molecule has 0 unspecified atom stereocenters. The number of hydrogen-bond acceptors (Lipinski definition) is 3. The van der Waals surface area contributed by atoms with E-state index in [1.54, 1.807) is 0 Å². The lowest BCUT2D eigenvalue weighted by Gasteiger charge is -2.05. The Morgan fingerprint density at radius 2 is 1.39 bits per heavy atom. The van der Waals surface area contributed by atoms with Crippen LogP contribution in [-0.4, -0.2) is 37.5 Å². The number of aliphatic carboxylic acids is 1. The van der Waals surface area contributed by atoms with Crippen LogP contribution in [-0.2, 0) is 14.3 Å². The average Bonchev–Trinajstić information content (AvgIpc) is 2.34. The molecule has 0 aliphatic rings. The standard InChI is InChI=1S/C14H28O4/c1-2-3-4-7-10-17-12-13-18-11-8-5-6-9-14(15)16/h2-13H2,1H3,(H,15,16). The summed E-state index contributed by atoms with van der Waals surface area (Å²) in [5.74, 6) is -0.715. The normalized spacial score (nSPS) is 10.7. The molecule has 4 heteroatoms. The molecule has 0 bridgehead atoms. The highest BCUT2D eigenvalue weighted by molar-refractivity contribution is 5.66. The maximum Gasteiger partial charge on any atom is 0.303 e. The molecule has 0 saturated heterocycles. The number of carbonyl (C=O) groups is 1. The summed E-state index contributed by atoms with van der Waals surface area (Å²) in [5, 5.41) is 8.44. The third-order valence-corrected chi connectivity index (χ3v) is 2.69. The second-order valence-electron chi connectivity index (χ2n) is 4.49. The molecule has 0 amide bonds. The molecule has 1 N–H and O–H groups in total. The van der Waals surface area contributed by atoms with Crippen molar-refractivity contribution >= 4 is 5.97 Å². The maximum absolute atomic E-state index is 10.3. The molecule has 0 spiro atoms. The fraction of sp³-hybridized carbons (Fsp3) is 0.929. The Morgan fingerprint density at radius 3 is 1.89 bits per heavy atom. The molecule has 18 heavy (non-hydrogen) atoms. The number of unbranched alkanes of at least 4 members (excludes halogenated alkanes) is 5. The number of carboxylic acid groups (broad SMARTS) is 1. The van der Waals surface area contributed by atoms with Crippen LogP contribution in [0, 0.1) is 0 Å². The molecule has 108 valence electrons. The van der Waals surface area contributed by atoms with Crippen molar-refractivity contribution in [2.45, 2.75) is 58.3 Å². The van der Waals surface area contributed by atoms with E-state index in [0.717, 1.165) is 32.3 Å². The van der Waals surface area contributed by atoms with Crippen molar-refractivity contribution in [3.63, 3.8) is 0 Å². The molecule has 0 aromatic carbocycles. The van der Waals surface area contributed by atoms with Crippen LogP contribution in [0.15, 0.2) is 0 Å². The Hall–Kier alpha value is -0.610. The first-order valence-electron chi connectivity index (χ1n) is 7.14. The van der Waals surface area contributed by atoms with Gasteiger partial charge in [0.1, 0.15) is 0 Å². The molecule has 0 atom stereocenters. The van der Waals surface area contributed by atoms with Gasteiger partial charge in [-0.2, -0.15) is 0 Å². The largest absolute Gasteiger partial charge is 0.481 e. The van der Waals surface area contributed by atoms with Gasteiger partial charge in [-0.1, -0.05) is 32.6 Å². The van der Waals surface area contributed by atoms with Crippen LogP contribution < -0.4 is 0 Å². The smallest absolute Gasteiger partial charge is 0.303 e. The van der Waals surface area contributed by atoms with Crippen LogP contribution in [0.3, 0.4) is 0 Å². The van der Waals surface area contributed by atoms with E-state index < -0.39 is 5.97 Å². The van der Waals surface area contributed by atoms with E-state index in [2.05, 4.69) is 6.92 Å². The molecular formula is C14H28O4. The first-order valence-corrected chi connectivity index (χ1v) is 7.14. The molecule has 0 aliphatic carbocycles. The SMILES string of the molecule is CCCCCCOCCOCCCCCC(=O)O. The van der Waals surface area contributed by atoms with Gasteiger partial charge in [0.2, 0.25) is 0 Å². The molecule has 0 aliphatic heterocycles. The van der Waals surface area contributed by atoms with Crippen LogP contribution in [0.5, 0.6) is 0 Å². The summed E-state index contributed by atoms with van der Waals surface area (Å²) in [6, 6.07) is 0. The number of rotatable bonds is 14. The van der Waals surface area contributed by atoms with Gasteiger partial charge in [-0.15, -0.1) is 0 Å². The zero-order valence-electron chi connectivity index (χ0n) is 11.7. The molecule has 0 radical (unpaired) electrons. The van der Waals surface area contributed by atoms with E-state index in [1.165, 1.54) is 19.3 Å². The molecule has 4 nitrogen and oxygen atoms in total. The fourth-order valence-electron chi connectivity index (χ4n) is 1.61. The van der Waals surface area contributed by atoms with Crippen molar-refractivity contribution in [1.82, 2.24) is 0 Å². The van der Waals surface area contributed by atoms with Crippen LogP contribution in [0.4, 0.5) is 0 Å². The Bertz CT molecular complexity index is 183. The zero-order chi connectivity index (χ0) is 13.5. The average molecular weight is 260 g/mol. The summed E-state index contributed by atoms with van der Waals surface area (Å²) in [7, 11) is 0. The summed E-state index contributed by atoms with van der Waals surface area (Å²) in [4.78, 5) is 10.3. The summed E-state index contributed by atoms with van der Waals surface area (Å²) < 4.78 is 10.8. The van der Waals surface area contributed by atoms with Crippen molar-refractivity contribution in [3.05, 3.63) is 0 Å². The summed E-state index contributed by atoms with van der Waals surface area (Å²) in [6.45, 7) is 5.06. The van der Waals surface area contributed by atoms with Gasteiger partial charge in [0.05, 0.1) is 13.2 Å². The van der Waals surface area contributed by atoms with Gasteiger partial charge in [0.25, 0.3) is 0 Å². The predicted molar refractivity (Wildman–Crippen MR) is 71.9 cm³/mol. The van der Waals surface area contributed by atoms with E-state index in [1.807, 2.05) is 0 Å². The van der Waals surface area contributed by atoms with Crippen molar-refractivity contribution < 1.29 is 19.4 Å². The summed E-state index contributed by atoms with van der Waals surface area (Å²) in [6.07, 6.45) is 7.80. The van der Waals surface area contributed by atoms with Crippen LogP contribution >= 0.6 is 0 Å². The van der Waals surface area contributed by atoms with Gasteiger partial charge < -0.3 is 14.6 Å². The quantitative estimate of drug-likeness (QED) is 0.487. The van der Waals surface area contributed by atoms with E-state index in [9.17, 15) is 4.79 Å². The molecular weight excluding hydrogens is 232 g/mol. The third-order valence-electron chi connectivity index (χ3n) is 2.69. The molecule has 0 fully saturated rings. The number of hydrogen-bond donors (Lipinski definition) is 1. The van der Waals surface area contributed by atoms with E-state index in [4.69, 9.17) is 14.6 Å². The lowest BCUT2D eigenvalue weighted by Crippen LogP contribution is -2.06. The molecule has 0 saturated carbocycles. The van der Waals surface area contributed by atoms with Crippen molar-refractivity contribution in [2.75, 3.05) is 26.4 Å². The van der Waals surface area contributed by atoms with Crippen LogP contribution in [0.25, 0.3) is 0 Å². The van der Waals surface area contributed by atoms with Gasteiger partial charge in [-0.3, -0.25) is 4.79 Å². The van der Waals surface area contributed by atoms with Gasteiger partial charge in [-0.25, -0.2) is 0 Å². The molecule has 0 aromatic heterocycles. The monoisotopic (exact) mass is 260 g/mol. The highest BCUT2D eigenvalue weighted by Gasteiger charge is 1.96. The molecule has 0 aromatic rings. The minimum absolute atomic E-state index is 0.265. The van der Waals surface area contributed by atoms with Crippen molar-refractivity contribution in [2.24, 2.45) is 0 Å². The summed E-state index contributed by atoms with van der Waals surface area (Å²) in [5.41, 5.74) is 0. The van der Waals surface area contributed by atoms with Crippen molar-refractivity contribution in [1.29, 1.82) is 0 Å². The second-order valence-corrected chi connectivity index (χ2v) is 4.49. The lowest BCUT2D eigenvalue weighted by atomic mass is 10.2. The highest BCUT2D eigenvalue weighted by Crippen LogP contribution is 2.00. The zero-order valence-corrected chi connectivity index (χ0v) is 11.7. The van der Waals surface area contributed by atoms with E-state index >= 15 is 0 Å². The fourth-order valence-corrected chi connectivity index (χ4v) is 1.61. The summed E-state index contributed by atoms with van der Waals surface area (Å²) >= 11 is 0. The minimum Gasteiger partial charge on any atom is -0.481 e. The Labute approximate surface area is 111 Å². The van der Waals surface area contributed by atoms with Crippen molar-refractivity contribution in [3.8, 4) is 0 Å². The Balaban J connectivity index is 2.92. The van der Waals surface area contributed by atoms with Gasteiger partial charge in [0, 0.05) is 19.6 Å². The van der Waals surface area contributed by atoms with Crippen LogP contribution in [0.1, 0.15) is 58.3 Å². The van der Waals surface area contributed by atoms with Gasteiger partial charge in [-0.05, 0) is 19.3 Å². The lowest BCUT2D eigenvalue weighted by molar-refractivity contribution is -0.137. The first-order chi connectivity index (χ1) is 8.77. The minimum atomic E-state index is -0.715. The van der Waals surface area contributed by atoms with Gasteiger partial charge >= 0.3 is 5.97 Å². The Kier molecular flexibility index (Phi) is 14.0. The van der Waals surface area contributed by atoms with Crippen LogP contribution in [0.2, 0.25) is 0 Å². The van der Waals surface area contributed by atoms with Gasteiger partial charge in [0.15, 0.2) is 0 Å². The van der Waals surface area contributed by atoms with E-state index in [0.29, 0.717) is 19.8 Å². The van der Waals surface area contributed by atoms with E-state index in [-0.39, 0.29) is 6.42 Å². The highest BCUT2D eigenvalue weighted by atomic mass is 16.5. The first kappa shape index (κ1) is 17.4. The Morgan fingerprint density at radius 1 is 0.833 bits per heavy atom. The third kappa shape index (κ3) is 15.4. The molecule has 0 rings (SSSR count). The predicted octanol–water partition coefficient (Wildman–Crippen LogP) is 3.24. The topological polar surface area (TPSA) is 55.8 Å². The molecule has 0 heterocycles.